The number of hydrogen-bond donors (Lipinski definition) is 2. The van der Waals surface area contributed by atoms with Gasteiger partial charge in [-0.05, 0) is 61.5 Å². The number of methoxy groups -OCH3 is 2. The van der Waals surface area contributed by atoms with Crippen LogP contribution >= 0.6 is 12.2 Å². The summed E-state index contributed by atoms with van der Waals surface area (Å²) >= 11 is 5.34. The maximum Gasteiger partial charge on any atom is 0.337 e. The Labute approximate surface area is 157 Å². The molecule has 26 heavy (non-hydrogen) atoms. The van der Waals surface area contributed by atoms with E-state index in [1.54, 1.807) is 12.1 Å². The molecule has 6 nitrogen and oxygen atoms in total. The number of nitrogens with one attached hydrogen (secondary N) is 2. The molecule has 2 rings (SSSR count). The predicted molar refractivity (Wildman–Crippen MR) is 105 cm³/mol. The van der Waals surface area contributed by atoms with Crippen LogP contribution in [0.5, 0.6) is 0 Å². The van der Waals surface area contributed by atoms with E-state index >= 15 is 0 Å². The Kier molecular flexibility index (Phi) is 6.30. The number of thiocarbonyl (C=S) groups is 1. The van der Waals surface area contributed by atoms with E-state index in [2.05, 4.69) is 10.6 Å². The van der Waals surface area contributed by atoms with Crippen molar-refractivity contribution in [1.82, 2.24) is 0 Å². The summed E-state index contributed by atoms with van der Waals surface area (Å²) < 4.78 is 9.44. The van der Waals surface area contributed by atoms with Crippen molar-refractivity contribution in [1.29, 1.82) is 0 Å². The Balaban J connectivity index is 2.26. The topological polar surface area (TPSA) is 76.7 Å². The van der Waals surface area contributed by atoms with E-state index in [4.69, 9.17) is 21.7 Å². The summed E-state index contributed by atoms with van der Waals surface area (Å²) in [5, 5.41) is 6.42. The highest BCUT2D eigenvalue weighted by Crippen LogP contribution is 2.19. The first kappa shape index (κ1) is 19.4. The number of ether oxygens (including phenoxy) is 2. The third kappa shape index (κ3) is 4.80. The van der Waals surface area contributed by atoms with Crippen LogP contribution in [0.2, 0.25) is 0 Å². The van der Waals surface area contributed by atoms with Gasteiger partial charge in [-0.15, -0.1) is 0 Å². The minimum Gasteiger partial charge on any atom is -0.465 e. The molecule has 2 aromatic carbocycles. The van der Waals surface area contributed by atoms with Crippen molar-refractivity contribution in [3.05, 3.63) is 58.7 Å². The average Bonchev–Trinajstić information content (AvgIpc) is 2.62. The fourth-order valence-corrected chi connectivity index (χ4v) is 2.55. The zero-order valence-corrected chi connectivity index (χ0v) is 15.8. The van der Waals surface area contributed by atoms with Crippen molar-refractivity contribution in [3.63, 3.8) is 0 Å². The lowest BCUT2D eigenvalue weighted by molar-refractivity contribution is 0.0599. The molecule has 0 saturated carbocycles. The summed E-state index contributed by atoms with van der Waals surface area (Å²) in [5.41, 5.74) is 3.91. The molecule has 0 bridgehead atoms. The average molecular weight is 372 g/mol. The van der Waals surface area contributed by atoms with Crippen LogP contribution in [0.1, 0.15) is 31.8 Å². The standard InChI is InChI=1S/C19H20N2O4S/c1-11-5-6-12(2)16(7-11)21-19(26)20-15-9-13(17(22)24-3)8-14(10-15)18(23)25-4/h5-10H,1-4H3,(H2,20,21,26). The van der Waals surface area contributed by atoms with Crippen LogP contribution < -0.4 is 10.6 Å². The third-order valence-electron chi connectivity index (χ3n) is 3.67. The molecule has 0 aromatic heterocycles. The quantitative estimate of drug-likeness (QED) is 0.626. The Morgan fingerprint density at radius 3 is 2.00 bits per heavy atom. The molecule has 136 valence electrons. The molecule has 0 fully saturated rings. The molecule has 7 heteroatoms. The van der Waals surface area contributed by atoms with Crippen LogP contribution in [-0.4, -0.2) is 31.3 Å². The summed E-state index contributed by atoms with van der Waals surface area (Å²) in [7, 11) is 2.54. The Hall–Kier alpha value is -2.93. The summed E-state index contributed by atoms with van der Waals surface area (Å²) in [5.74, 6) is -1.13. The minimum atomic E-state index is -0.563. The van der Waals surface area contributed by atoms with Gasteiger partial charge in [0.25, 0.3) is 0 Å². The highest BCUT2D eigenvalue weighted by molar-refractivity contribution is 7.80. The first-order valence-corrected chi connectivity index (χ1v) is 8.22. The van der Waals surface area contributed by atoms with Crippen LogP contribution in [0.3, 0.4) is 0 Å². The second-order valence-electron chi connectivity index (χ2n) is 5.68. The number of esters is 2. The van der Waals surface area contributed by atoms with Crippen molar-refractivity contribution in [3.8, 4) is 0 Å². The number of aryl methyl sites for hydroxylation is 2. The van der Waals surface area contributed by atoms with Crippen LogP contribution in [-0.2, 0) is 9.47 Å². The monoisotopic (exact) mass is 372 g/mol. The lowest BCUT2D eigenvalue weighted by Gasteiger charge is -2.14. The van der Waals surface area contributed by atoms with Gasteiger partial charge in [-0.25, -0.2) is 9.59 Å². The van der Waals surface area contributed by atoms with Crippen molar-refractivity contribution < 1.29 is 19.1 Å². The molecule has 2 N–H and O–H groups in total. The summed E-state index contributed by atoms with van der Waals surface area (Å²) in [6.07, 6.45) is 0. The lowest BCUT2D eigenvalue weighted by Crippen LogP contribution is -2.20. The fourth-order valence-electron chi connectivity index (χ4n) is 2.33. The van der Waals surface area contributed by atoms with Gasteiger partial charge in [0.15, 0.2) is 5.11 Å². The normalized spacial score (nSPS) is 10.0. The van der Waals surface area contributed by atoms with E-state index in [1.165, 1.54) is 20.3 Å². The van der Waals surface area contributed by atoms with Gasteiger partial charge in [-0.1, -0.05) is 12.1 Å². The molecule has 0 aliphatic carbocycles. The summed E-state index contributed by atoms with van der Waals surface area (Å²) in [6, 6.07) is 10.5. The van der Waals surface area contributed by atoms with E-state index in [9.17, 15) is 9.59 Å². The highest BCUT2D eigenvalue weighted by Gasteiger charge is 2.14. The number of hydrogen-bond acceptors (Lipinski definition) is 5. The molecule has 2 aromatic rings. The van der Waals surface area contributed by atoms with Gasteiger partial charge in [0.2, 0.25) is 0 Å². The molecule has 0 amide bonds. The van der Waals surface area contributed by atoms with E-state index in [1.807, 2.05) is 32.0 Å². The van der Waals surface area contributed by atoms with Gasteiger partial charge in [-0.3, -0.25) is 0 Å². The predicted octanol–water partition coefficient (Wildman–Crippen LogP) is 3.69. The van der Waals surface area contributed by atoms with E-state index < -0.39 is 11.9 Å². The van der Waals surface area contributed by atoms with Gasteiger partial charge in [0.05, 0.1) is 25.3 Å². The molecular formula is C19H20N2O4S. The zero-order chi connectivity index (χ0) is 19.3. The smallest absolute Gasteiger partial charge is 0.337 e. The van der Waals surface area contributed by atoms with Crippen molar-refractivity contribution in [2.45, 2.75) is 13.8 Å². The molecule has 0 aliphatic rings. The molecule has 0 spiro atoms. The Morgan fingerprint density at radius 2 is 1.46 bits per heavy atom. The van der Waals surface area contributed by atoms with Crippen LogP contribution in [0, 0.1) is 13.8 Å². The molecule has 0 aliphatic heterocycles. The highest BCUT2D eigenvalue weighted by atomic mass is 32.1. The molecule has 0 heterocycles. The van der Waals surface area contributed by atoms with E-state index in [0.29, 0.717) is 10.8 Å². The second-order valence-corrected chi connectivity index (χ2v) is 6.09. The fraction of sp³-hybridized carbons (Fsp3) is 0.211. The molecule has 0 radical (unpaired) electrons. The van der Waals surface area contributed by atoms with Gasteiger partial charge in [0, 0.05) is 11.4 Å². The Bertz CT molecular complexity index is 830. The van der Waals surface area contributed by atoms with Gasteiger partial charge in [-0.2, -0.15) is 0 Å². The first-order chi connectivity index (χ1) is 12.3. The van der Waals surface area contributed by atoms with E-state index in [0.717, 1.165) is 16.8 Å². The summed E-state index contributed by atoms with van der Waals surface area (Å²) in [4.78, 5) is 23.7. The molecular weight excluding hydrogens is 352 g/mol. The van der Waals surface area contributed by atoms with Crippen LogP contribution in [0.4, 0.5) is 11.4 Å². The number of rotatable bonds is 4. The Morgan fingerprint density at radius 1 is 0.885 bits per heavy atom. The first-order valence-electron chi connectivity index (χ1n) is 7.81. The number of benzene rings is 2. The zero-order valence-electron chi connectivity index (χ0n) is 15.0. The van der Waals surface area contributed by atoms with Crippen molar-refractivity contribution in [2.75, 3.05) is 24.9 Å². The van der Waals surface area contributed by atoms with Crippen LogP contribution in [0.15, 0.2) is 36.4 Å². The second kappa shape index (κ2) is 8.44. The van der Waals surface area contributed by atoms with Crippen molar-refractivity contribution >= 4 is 40.6 Å². The van der Waals surface area contributed by atoms with Crippen LogP contribution in [0.25, 0.3) is 0 Å². The summed E-state index contributed by atoms with van der Waals surface area (Å²) in [6.45, 7) is 3.96. The van der Waals surface area contributed by atoms with Gasteiger partial charge < -0.3 is 20.1 Å². The van der Waals surface area contributed by atoms with Crippen molar-refractivity contribution in [2.24, 2.45) is 0 Å². The minimum absolute atomic E-state index is 0.215. The maximum absolute atomic E-state index is 11.8. The number of carbonyl (C=O) groups is 2. The molecule has 0 unspecified atom stereocenters. The number of carbonyl (C=O) groups excluding carboxylic acids is 2. The SMILES string of the molecule is COC(=O)c1cc(NC(=S)Nc2cc(C)ccc2C)cc(C(=O)OC)c1. The number of anilines is 2. The largest absolute Gasteiger partial charge is 0.465 e. The lowest BCUT2D eigenvalue weighted by atomic mass is 10.1. The third-order valence-corrected chi connectivity index (χ3v) is 3.88. The molecule has 0 atom stereocenters. The molecule has 0 saturated heterocycles. The maximum atomic E-state index is 11.8. The van der Waals surface area contributed by atoms with Gasteiger partial charge >= 0.3 is 11.9 Å². The van der Waals surface area contributed by atoms with Gasteiger partial charge in [0.1, 0.15) is 0 Å². The van der Waals surface area contributed by atoms with E-state index in [-0.39, 0.29) is 11.1 Å².